The van der Waals surface area contributed by atoms with Crippen LogP contribution in [0, 0.1) is 11.3 Å². The van der Waals surface area contributed by atoms with Crippen molar-refractivity contribution < 1.29 is 0 Å². The summed E-state index contributed by atoms with van der Waals surface area (Å²) in [5, 5.41) is 10.4. The highest BCUT2D eigenvalue weighted by Crippen LogP contribution is 2.30. The molecule has 3 nitrogen and oxygen atoms in total. The summed E-state index contributed by atoms with van der Waals surface area (Å²) in [6.45, 7) is 0.479. The molecule has 3 heteroatoms. The van der Waals surface area contributed by atoms with Crippen LogP contribution in [0.1, 0.15) is 11.1 Å². The molecular weight excluding hydrogens is 234 g/mol. The monoisotopic (exact) mass is 247 g/mol. The summed E-state index contributed by atoms with van der Waals surface area (Å²) in [7, 11) is 0. The minimum absolute atomic E-state index is 0.479. The fourth-order valence-electron chi connectivity index (χ4n) is 2.30. The highest BCUT2D eigenvalue weighted by molar-refractivity contribution is 5.93. The Morgan fingerprint density at radius 3 is 2.58 bits per heavy atom. The standard InChI is InChI=1S/C16H13N3/c17-9-11-6-7-15-13(8-11)14(10-18)16(19-15)12-4-2-1-3-5-12/h1-8,19H,9,17H2. The lowest BCUT2D eigenvalue weighted by Crippen LogP contribution is -1.95. The summed E-state index contributed by atoms with van der Waals surface area (Å²) in [5.74, 6) is 0. The summed E-state index contributed by atoms with van der Waals surface area (Å²) in [6.07, 6.45) is 0. The molecule has 0 amide bonds. The van der Waals surface area contributed by atoms with Gasteiger partial charge in [0.15, 0.2) is 0 Å². The Morgan fingerprint density at radius 1 is 1.11 bits per heavy atom. The van der Waals surface area contributed by atoms with Gasteiger partial charge in [-0.15, -0.1) is 0 Å². The highest BCUT2D eigenvalue weighted by Gasteiger charge is 2.12. The summed E-state index contributed by atoms with van der Waals surface area (Å²) in [4.78, 5) is 3.32. The molecule has 0 spiro atoms. The first kappa shape index (κ1) is 11.5. The van der Waals surface area contributed by atoms with E-state index >= 15 is 0 Å². The predicted octanol–water partition coefficient (Wildman–Crippen LogP) is 3.17. The average Bonchev–Trinajstić information content (AvgIpc) is 2.85. The zero-order chi connectivity index (χ0) is 13.2. The van der Waals surface area contributed by atoms with Crippen LogP contribution in [-0.2, 0) is 6.54 Å². The Hall–Kier alpha value is -2.57. The van der Waals surface area contributed by atoms with Gasteiger partial charge in [0.2, 0.25) is 0 Å². The van der Waals surface area contributed by atoms with E-state index < -0.39 is 0 Å². The van der Waals surface area contributed by atoms with Gasteiger partial charge in [-0.2, -0.15) is 5.26 Å². The van der Waals surface area contributed by atoms with Gasteiger partial charge >= 0.3 is 0 Å². The van der Waals surface area contributed by atoms with Gasteiger partial charge in [0.25, 0.3) is 0 Å². The van der Waals surface area contributed by atoms with Crippen molar-refractivity contribution in [3.8, 4) is 17.3 Å². The fourth-order valence-corrected chi connectivity index (χ4v) is 2.30. The molecule has 19 heavy (non-hydrogen) atoms. The number of nitrogens with two attached hydrogens (primary N) is 1. The van der Waals surface area contributed by atoms with E-state index in [2.05, 4.69) is 11.1 Å². The van der Waals surface area contributed by atoms with Gasteiger partial charge in [-0.05, 0) is 23.3 Å². The molecule has 2 aromatic carbocycles. The van der Waals surface area contributed by atoms with E-state index in [1.807, 2.05) is 48.5 Å². The maximum absolute atomic E-state index is 9.43. The van der Waals surface area contributed by atoms with Gasteiger partial charge in [-0.25, -0.2) is 0 Å². The van der Waals surface area contributed by atoms with Crippen molar-refractivity contribution in [3.63, 3.8) is 0 Å². The fraction of sp³-hybridized carbons (Fsp3) is 0.0625. The Kier molecular flexibility index (Phi) is 2.79. The van der Waals surface area contributed by atoms with Crippen molar-refractivity contribution in [2.24, 2.45) is 5.73 Å². The first-order valence-corrected chi connectivity index (χ1v) is 6.13. The second kappa shape index (κ2) is 4.60. The summed E-state index contributed by atoms with van der Waals surface area (Å²) in [6, 6.07) is 18.1. The molecule has 0 saturated carbocycles. The third-order valence-electron chi connectivity index (χ3n) is 3.27. The van der Waals surface area contributed by atoms with Gasteiger partial charge in [-0.1, -0.05) is 36.4 Å². The molecule has 0 radical (unpaired) electrons. The van der Waals surface area contributed by atoms with E-state index in [0.29, 0.717) is 12.1 Å². The van der Waals surface area contributed by atoms with Crippen LogP contribution in [0.2, 0.25) is 0 Å². The predicted molar refractivity (Wildman–Crippen MR) is 76.3 cm³/mol. The first-order valence-electron chi connectivity index (χ1n) is 6.13. The molecule has 0 atom stereocenters. The third-order valence-corrected chi connectivity index (χ3v) is 3.27. The maximum atomic E-state index is 9.43. The largest absolute Gasteiger partial charge is 0.353 e. The minimum Gasteiger partial charge on any atom is -0.353 e. The van der Waals surface area contributed by atoms with Gasteiger partial charge < -0.3 is 10.7 Å². The maximum Gasteiger partial charge on any atom is 0.102 e. The van der Waals surface area contributed by atoms with Gasteiger partial charge in [0.1, 0.15) is 6.07 Å². The highest BCUT2D eigenvalue weighted by atomic mass is 14.7. The number of nitrogens with zero attached hydrogens (tertiary/aromatic N) is 1. The van der Waals surface area contributed by atoms with Crippen molar-refractivity contribution in [2.75, 3.05) is 0 Å². The van der Waals surface area contributed by atoms with Crippen LogP contribution in [0.5, 0.6) is 0 Å². The molecule has 0 fully saturated rings. The molecule has 1 heterocycles. The Labute approximate surface area is 111 Å². The van der Waals surface area contributed by atoms with Crippen molar-refractivity contribution in [3.05, 3.63) is 59.7 Å². The zero-order valence-corrected chi connectivity index (χ0v) is 10.4. The second-order valence-corrected chi connectivity index (χ2v) is 4.44. The van der Waals surface area contributed by atoms with Crippen LogP contribution >= 0.6 is 0 Å². The molecule has 1 aromatic heterocycles. The van der Waals surface area contributed by atoms with Crippen molar-refractivity contribution in [1.29, 1.82) is 5.26 Å². The normalized spacial score (nSPS) is 10.5. The van der Waals surface area contributed by atoms with Gasteiger partial charge in [-0.3, -0.25) is 0 Å². The molecule has 0 aliphatic carbocycles. The number of benzene rings is 2. The van der Waals surface area contributed by atoms with E-state index in [4.69, 9.17) is 5.73 Å². The molecule has 3 aromatic rings. The lowest BCUT2D eigenvalue weighted by molar-refractivity contribution is 1.08. The Morgan fingerprint density at radius 2 is 1.89 bits per heavy atom. The molecule has 0 unspecified atom stereocenters. The van der Waals surface area contributed by atoms with E-state index in [0.717, 1.165) is 27.7 Å². The second-order valence-electron chi connectivity index (χ2n) is 4.44. The van der Waals surface area contributed by atoms with Gasteiger partial charge in [0, 0.05) is 17.4 Å². The Bertz CT molecular complexity index is 764. The average molecular weight is 247 g/mol. The van der Waals surface area contributed by atoms with Gasteiger partial charge in [0.05, 0.1) is 11.3 Å². The summed E-state index contributed by atoms with van der Waals surface area (Å²) >= 11 is 0. The van der Waals surface area contributed by atoms with E-state index in [1.54, 1.807) is 0 Å². The minimum atomic E-state index is 0.479. The number of nitrogens with one attached hydrogen (secondary N) is 1. The first-order chi connectivity index (χ1) is 9.33. The van der Waals surface area contributed by atoms with Crippen LogP contribution in [0.4, 0.5) is 0 Å². The SMILES string of the molecule is N#Cc1c(-c2ccccc2)[nH]c2ccc(CN)cc12. The third kappa shape index (κ3) is 1.88. The summed E-state index contributed by atoms with van der Waals surface area (Å²) < 4.78 is 0. The molecule has 92 valence electrons. The molecule has 3 rings (SSSR count). The van der Waals surface area contributed by atoms with Crippen LogP contribution < -0.4 is 5.73 Å². The smallest absolute Gasteiger partial charge is 0.102 e. The van der Waals surface area contributed by atoms with Crippen molar-refractivity contribution >= 4 is 10.9 Å². The molecule has 0 aliphatic rings. The number of fused-ring (bicyclic) bond motifs is 1. The quantitative estimate of drug-likeness (QED) is 0.730. The Balaban J connectivity index is 2.30. The van der Waals surface area contributed by atoms with Crippen LogP contribution in [-0.4, -0.2) is 4.98 Å². The van der Waals surface area contributed by atoms with Crippen molar-refractivity contribution in [1.82, 2.24) is 4.98 Å². The number of H-pyrrole nitrogens is 1. The molecule has 0 saturated heterocycles. The molecule has 3 N–H and O–H groups in total. The topological polar surface area (TPSA) is 65.6 Å². The number of aromatic amines is 1. The van der Waals surface area contributed by atoms with E-state index in [9.17, 15) is 5.26 Å². The zero-order valence-electron chi connectivity index (χ0n) is 10.4. The lowest BCUT2D eigenvalue weighted by atomic mass is 10.0. The lowest BCUT2D eigenvalue weighted by Gasteiger charge is -1.98. The number of aromatic nitrogens is 1. The van der Waals surface area contributed by atoms with Crippen LogP contribution in [0.25, 0.3) is 22.2 Å². The van der Waals surface area contributed by atoms with E-state index in [1.165, 1.54) is 0 Å². The van der Waals surface area contributed by atoms with Crippen LogP contribution in [0.3, 0.4) is 0 Å². The number of hydrogen-bond acceptors (Lipinski definition) is 2. The molecule has 0 bridgehead atoms. The molecule has 0 aliphatic heterocycles. The molecular formula is C16H13N3. The summed E-state index contributed by atoms with van der Waals surface area (Å²) in [5.41, 5.74) is 10.2. The van der Waals surface area contributed by atoms with Crippen LogP contribution in [0.15, 0.2) is 48.5 Å². The number of rotatable bonds is 2. The number of nitriles is 1. The van der Waals surface area contributed by atoms with E-state index in [-0.39, 0.29) is 0 Å². The number of hydrogen-bond donors (Lipinski definition) is 2. The van der Waals surface area contributed by atoms with Crippen molar-refractivity contribution in [2.45, 2.75) is 6.54 Å².